The summed E-state index contributed by atoms with van der Waals surface area (Å²) in [5.41, 5.74) is 4.78. The topological polar surface area (TPSA) is 188 Å². The Balaban J connectivity index is 1.43. The summed E-state index contributed by atoms with van der Waals surface area (Å²) in [6.07, 6.45) is -0.306. The minimum atomic E-state index is -0.663. The van der Waals surface area contributed by atoms with E-state index in [0.29, 0.717) is 27.8 Å². The van der Waals surface area contributed by atoms with Gasteiger partial charge in [0.2, 0.25) is 35.5 Å². The fourth-order valence-corrected chi connectivity index (χ4v) is 5.60. The molecule has 0 saturated heterocycles. The van der Waals surface area contributed by atoms with Crippen LogP contribution in [-0.2, 0) is 19.2 Å². The van der Waals surface area contributed by atoms with Crippen molar-refractivity contribution in [1.82, 2.24) is 25.3 Å². The number of nitrogens with one attached hydrogen (secondary N) is 4. The second-order valence-electron chi connectivity index (χ2n) is 12.5. The summed E-state index contributed by atoms with van der Waals surface area (Å²) in [6.45, 7) is 7.40. The van der Waals surface area contributed by atoms with Crippen molar-refractivity contribution in [3.05, 3.63) is 95.3 Å². The first-order valence-corrected chi connectivity index (χ1v) is 16.7. The van der Waals surface area contributed by atoms with Crippen LogP contribution >= 0.6 is 0 Å². The van der Waals surface area contributed by atoms with Gasteiger partial charge in [0.15, 0.2) is 0 Å². The molecule has 2 aromatic heterocycles. The molecule has 0 aliphatic heterocycles. The molecule has 0 unspecified atom stereocenters. The van der Waals surface area contributed by atoms with Crippen molar-refractivity contribution < 1.29 is 23.9 Å². The molecular weight excluding hydrogens is 676 g/mol. The molecular formula is C39H36N8O6. The van der Waals surface area contributed by atoms with E-state index >= 15 is 0 Å². The lowest BCUT2D eigenvalue weighted by atomic mass is 10.0. The van der Waals surface area contributed by atoms with Crippen LogP contribution in [0.5, 0.6) is 5.88 Å². The molecule has 268 valence electrons. The second kappa shape index (κ2) is 15.1. The van der Waals surface area contributed by atoms with Crippen LogP contribution in [0.2, 0.25) is 0 Å². The Labute approximate surface area is 303 Å². The first-order valence-electron chi connectivity index (χ1n) is 16.7. The zero-order valence-electron chi connectivity index (χ0n) is 29.6. The van der Waals surface area contributed by atoms with Crippen molar-refractivity contribution in [3.8, 4) is 28.1 Å². The van der Waals surface area contributed by atoms with E-state index < -0.39 is 23.9 Å². The molecule has 14 heteroatoms. The Kier molecular flexibility index (Phi) is 10.2. The van der Waals surface area contributed by atoms with Crippen molar-refractivity contribution in [2.24, 2.45) is 0 Å². The maximum absolute atomic E-state index is 13.8. The van der Waals surface area contributed by atoms with Crippen LogP contribution in [0.3, 0.4) is 0 Å². The van der Waals surface area contributed by atoms with Gasteiger partial charge in [0.25, 0.3) is 11.5 Å². The third-order valence-electron chi connectivity index (χ3n) is 7.92. The molecule has 2 heterocycles. The van der Waals surface area contributed by atoms with Crippen LogP contribution in [0.4, 0.5) is 23.3 Å². The van der Waals surface area contributed by atoms with Crippen LogP contribution < -0.4 is 31.1 Å². The van der Waals surface area contributed by atoms with Crippen molar-refractivity contribution in [3.63, 3.8) is 0 Å². The number of carbonyl (C=O) groups is 4. The molecule has 0 aliphatic rings. The Hall–Kier alpha value is -6.96. The van der Waals surface area contributed by atoms with Crippen molar-refractivity contribution >= 4 is 68.7 Å². The number of hydrogen-bond donors (Lipinski definition) is 4. The van der Waals surface area contributed by atoms with Gasteiger partial charge in [-0.2, -0.15) is 4.98 Å². The Bertz CT molecular complexity index is 2440. The lowest BCUT2D eigenvalue weighted by Crippen LogP contribution is -2.39. The van der Waals surface area contributed by atoms with Gasteiger partial charge in [0.05, 0.1) is 34.5 Å². The quantitative estimate of drug-likeness (QED) is 0.138. The molecule has 0 fully saturated rings. The summed E-state index contributed by atoms with van der Waals surface area (Å²) >= 11 is 0. The minimum absolute atomic E-state index is 0.130. The van der Waals surface area contributed by atoms with Crippen LogP contribution in [0.1, 0.15) is 34.6 Å². The summed E-state index contributed by atoms with van der Waals surface area (Å²) < 4.78 is 6.14. The SMILES string of the molecule is CC(=O)NCC(=O)N(c1nc(OC(C)C)c2cc(-c3ccc(NC(C)=O)cc3)ccc2n1)c1nc2ccc(-c3ccc(NC(C)=O)cc3)cc2c(=O)[nH]1. The molecule has 6 rings (SSSR count). The second-order valence-corrected chi connectivity index (χ2v) is 12.5. The smallest absolute Gasteiger partial charge is 0.260 e. The van der Waals surface area contributed by atoms with Gasteiger partial charge in [-0.3, -0.25) is 29.0 Å². The average molecular weight is 713 g/mol. The number of carbonyl (C=O) groups excluding carboxylic acids is 4. The maximum atomic E-state index is 13.8. The zero-order valence-corrected chi connectivity index (χ0v) is 29.6. The van der Waals surface area contributed by atoms with Gasteiger partial charge in [-0.05, 0) is 84.6 Å². The van der Waals surface area contributed by atoms with E-state index in [0.717, 1.165) is 27.2 Å². The Morgan fingerprint density at radius 3 is 1.70 bits per heavy atom. The monoisotopic (exact) mass is 712 g/mol. The Morgan fingerprint density at radius 2 is 1.19 bits per heavy atom. The van der Waals surface area contributed by atoms with Gasteiger partial charge < -0.3 is 20.7 Å². The van der Waals surface area contributed by atoms with E-state index in [1.807, 2.05) is 50.2 Å². The fraction of sp³-hybridized carbons (Fsp3) is 0.179. The number of H-pyrrole nitrogens is 1. The van der Waals surface area contributed by atoms with Crippen molar-refractivity contribution in [2.75, 3.05) is 22.1 Å². The van der Waals surface area contributed by atoms with E-state index in [-0.39, 0.29) is 41.1 Å². The standard InChI is InChI=1S/C39H36N8O6/c1-21(2)53-37-32-19-28(26-8-14-30(15-9-26)42-24(5)50)11-17-34(32)44-39(46-37)47(35(51)20-40-22(3)48)38-43-33-16-10-27(18-31(33)36(52)45-38)25-6-12-29(13-7-25)41-23(4)49/h6-19,21H,20H2,1-5H3,(H,40,48)(H,41,49)(H,42,50)(H,43,45,52). The maximum Gasteiger partial charge on any atom is 0.260 e. The molecule has 4 aromatic carbocycles. The molecule has 53 heavy (non-hydrogen) atoms. The van der Waals surface area contributed by atoms with Crippen molar-refractivity contribution in [2.45, 2.75) is 40.7 Å². The summed E-state index contributed by atoms with van der Waals surface area (Å²) in [4.78, 5) is 79.9. The fourth-order valence-electron chi connectivity index (χ4n) is 5.60. The number of ether oxygens (including phenoxy) is 1. The third kappa shape index (κ3) is 8.34. The minimum Gasteiger partial charge on any atom is -0.474 e. The summed E-state index contributed by atoms with van der Waals surface area (Å²) in [5.74, 6) is -1.55. The normalized spacial score (nSPS) is 11.0. The van der Waals surface area contributed by atoms with E-state index in [1.54, 1.807) is 48.5 Å². The van der Waals surface area contributed by atoms with Crippen LogP contribution in [-0.4, -0.2) is 56.2 Å². The summed E-state index contributed by atoms with van der Waals surface area (Å²) in [6, 6.07) is 25.2. The Morgan fingerprint density at radius 1 is 0.679 bits per heavy atom. The van der Waals surface area contributed by atoms with Gasteiger partial charge in [-0.1, -0.05) is 36.4 Å². The molecule has 4 amide bonds. The number of nitrogens with zero attached hydrogens (tertiary/aromatic N) is 4. The number of aromatic amines is 1. The highest BCUT2D eigenvalue weighted by Crippen LogP contribution is 2.33. The largest absolute Gasteiger partial charge is 0.474 e. The van der Waals surface area contributed by atoms with Gasteiger partial charge in [0.1, 0.15) is 0 Å². The molecule has 14 nitrogen and oxygen atoms in total. The lowest BCUT2D eigenvalue weighted by Gasteiger charge is -2.22. The van der Waals surface area contributed by atoms with Gasteiger partial charge in [-0.15, -0.1) is 0 Å². The molecule has 0 aliphatic carbocycles. The van der Waals surface area contributed by atoms with Crippen LogP contribution in [0.15, 0.2) is 89.7 Å². The molecule has 6 aromatic rings. The number of hydrogen-bond acceptors (Lipinski definition) is 9. The number of anilines is 4. The van der Waals surface area contributed by atoms with Gasteiger partial charge >= 0.3 is 0 Å². The predicted octanol–water partition coefficient (Wildman–Crippen LogP) is 5.71. The number of amides is 4. The van der Waals surface area contributed by atoms with E-state index in [1.165, 1.54) is 20.8 Å². The van der Waals surface area contributed by atoms with Crippen LogP contribution in [0, 0.1) is 0 Å². The lowest BCUT2D eigenvalue weighted by molar-refractivity contribution is -0.123. The average Bonchev–Trinajstić information content (AvgIpc) is 3.10. The van der Waals surface area contributed by atoms with Gasteiger partial charge in [-0.25, -0.2) is 14.9 Å². The molecule has 0 saturated carbocycles. The zero-order chi connectivity index (χ0) is 37.8. The first kappa shape index (κ1) is 35.9. The molecule has 0 atom stereocenters. The summed E-state index contributed by atoms with van der Waals surface area (Å²) in [5, 5.41) is 8.82. The highest BCUT2D eigenvalue weighted by molar-refractivity contribution is 6.02. The molecule has 0 spiro atoms. The summed E-state index contributed by atoms with van der Waals surface area (Å²) in [7, 11) is 0. The number of fused-ring (bicyclic) bond motifs is 2. The van der Waals surface area contributed by atoms with Gasteiger partial charge in [0, 0.05) is 32.1 Å². The number of benzene rings is 4. The molecule has 4 N–H and O–H groups in total. The molecule has 0 bridgehead atoms. The van der Waals surface area contributed by atoms with E-state index in [2.05, 4.69) is 30.9 Å². The number of aromatic nitrogens is 4. The predicted molar refractivity (Wildman–Crippen MR) is 203 cm³/mol. The number of rotatable bonds is 10. The highest BCUT2D eigenvalue weighted by Gasteiger charge is 2.26. The third-order valence-corrected chi connectivity index (χ3v) is 7.92. The van der Waals surface area contributed by atoms with E-state index in [9.17, 15) is 24.0 Å². The van der Waals surface area contributed by atoms with Crippen LogP contribution in [0.25, 0.3) is 44.1 Å². The molecule has 0 radical (unpaired) electrons. The van der Waals surface area contributed by atoms with Crippen molar-refractivity contribution in [1.29, 1.82) is 0 Å². The van der Waals surface area contributed by atoms with E-state index in [4.69, 9.17) is 9.72 Å². The first-order chi connectivity index (χ1) is 25.3. The highest BCUT2D eigenvalue weighted by atomic mass is 16.5.